The summed E-state index contributed by atoms with van der Waals surface area (Å²) in [5.74, 6) is 0.193. The zero-order valence-corrected chi connectivity index (χ0v) is 6.65. The minimum atomic E-state index is 0.193. The molecule has 0 aliphatic carbocycles. The molecule has 0 saturated heterocycles. The van der Waals surface area contributed by atoms with Crippen LogP contribution in [-0.4, -0.2) is 15.1 Å². The second-order valence-electron chi connectivity index (χ2n) is 2.65. The fourth-order valence-electron chi connectivity index (χ4n) is 1.28. The van der Waals surface area contributed by atoms with Crippen LogP contribution in [0.4, 0.5) is 0 Å². The lowest BCUT2D eigenvalue weighted by Crippen LogP contribution is -1.84. The number of aromatic hydroxyl groups is 1. The maximum absolute atomic E-state index is 9.45. The normalized spacial score (nSPS) is 10.4. The summed E-state index contributed by atoms with van der Waals surface area (Å²) < 4.78 is 0. The van der Waals surface area contributed by atoms with Gasteiger partial charge in [0.15, 0.2) is 0 Å². The molecule has 1 N–H and O–H groups in total. The van der Waals surface area contributed by atoms with E-state index in [0.717, 1.165) is 16.5 Å². The van der Waals surface area contributed by atoms with Crippen molar-refractivity contribution in [3.05, 3.63) is 30.4 Å². The van der Waals surface area contributed by atoms with Crippen LogP contribution in [0.1, 0.15) is 5.69 Å². The van der Waals surface area contributed by atoms with Gasteiger partial charge in [-0.25, -0.2) is 0 Å². The fourth-order valence-corrected chi connectivity index (χ4v) is 1.28. The van der Waals surface area contributed by atoms with Gasteiger partial charge in [-0.05, 0) is 13.0 Å². The largest absolute Gasteiger partial charge is 0.506 e. The van der Waals surface area contributed by atoms with Gasteiger partial charge in [0.25, 0.3) is 0 Å². The Morgan fingerprint density at radius 2 is 2.17 bits per heavy atom. The zero-order valence-electron chi connectivity index (χ0n) is 6.65. The molecule has 3 heteroatoms. The molecular formula is C9H8N2O. The number of fused-ring (bicyclic) bond motifs is 1. The van der Waals surface area contributed by atoms with Crippen molar-refractivity contribution >= 4 is 10.8 Å². The predicted molar refractivity (Wildman–Crippen MR) is 45.9 cm³/mol. The van der Waals surface area contributed by atoms with Crippen LogP contribution in [0, 0.1) is 6.92 Å². The Balaban J connectivity index is 2.96. The number of rotatable bonds is 0. The van der Waals surface area contributed by atoms with Crippen molar-refractivity contribution in [2.45, 2.75) is 6.92 Å². The van der Waals surface area contributed by atoms with Crippen molar-refractivity contribution in [2.24, 2.45) is 0 Å². The molecule has 3 nitrogen and oxygen atoms in total. The molecule has 0 unspecified atom stereocenters. The predicted octanol–water partition coefficient (Wildman–Crippen LogP) is 1.64. The summed E-state index contributed by atoms with van der Waals surface area (Å²) in [4.78, 5) is 7.96. The molecule has 0 aliphatic heterocycles. The van der Waals surface area contributed by atoms with E-state index < -0.39 is 0 Å². The van der Waals surface area contributed by atoms with Crippen LogP contribution in [-0.2, 0) is 0 Å². The highest BCUT2D eigenvalue weighted by Gasteiger charge is 2.02. The maximum atomic E-state index is 9.45. The summed E-state index contributed by atoms with van der Waals surface area (Å²) in [5, 5.41) is 11.2. The van der Waals surface area contributed by atoms with Crippen molar-refractivity contribution in [3.8, 4) is 5.75 Å². The number of hydrogen-bond donors (Lipinski definition) is 1. The summed E-state index contributed by atoms with van der Waals surface area (Å²) in [6.07, 6.45) is 4.85. The van der Waals surface area contributed by atoms with Crippen LogP contribution >= 0.6 is 0 Å². The van der Waals surface area contributed by atoms with Gasteiger partial charge < -0.3 is 5.11 Å². The molecule has 0 radical (unpaired) electrons. The number of nitrogens with zero attached hydrogens (tertiary/aromatic N) is 2. The summed E-state index contributed by atoms with van der Waals surface area (Å²) in [7, 11) is 0. The molecule has 0 amide bonds. The Hall–Kier alpha value is -1.64. The van der Waals surface area contributed by atoms with Gasteiger partial charge in [-0.2, -0.15) is 0 Å². The van der Waals surface area contributed by atoms with Crippen molar-refractivity contribution in [1.82, 2.24) is 9.97 Å². The second kappa shape index (κ2) is 2.44. The smallest absolute Gasteiger partial charge is 0.143 e. The van der Waals surface area contributed by atoms with Crippen molar-refractivity contribution in [3.63, 3.8) is 0 Å². The second-order valence-corrected chi connectivity index (χ2v) is 2.65. The van der Waals surface area contributed by atoms with Crippen LogP contribution in [0.2, 0.25) is 0 Å². The van der Waals surface area contributed by atoms with Gasteiger partial charge in [0, 0.05) is 28.9 Å². The van der Waals surface area contributed by atoms with Gasteiger partial charge >= 0.3 is 0 Å². The fraction of sp³-hybridized carbons (Fsp3) is 0.111. The van der Waals surface area contributed by atoms with E-state index in [9.17, 15) is 5.11 Å². The van der Waals surface area contributed by atoms with E-state index in [1.54, 1.807) is 12.4 Å². The SMILES string of the molecule is Cc1nccc2cncc(O)c12. The van der Waals surface area contributed by atoms with E-state index in [0.29, 0.717) is 0 Å². The van der Waals surface area contributed by atoms with Gasteiger partial charge in [0.05, 0.1) is 6.20 Å². The van der Waals surface area contributed by atoms with Gasteiger partial charge in [-0.1, -0.05) is 0 Å². The lowest BCUT2D eigenvalue weighted by Gasteiger charge is -2.01. The van der Waals surface area contributed by atoms with Crippen molar-refractivity contribution < 1.29 is 5.11 Å². The third-order valence-corrected chi connectivity index (χ3v) is 1.84. The zero-order chi connectivity index (χ0) is 8.55. The van der Waals surface area contributed by atoms with Gasteiger partial charge in [0.1, 0.15) is 5.75 Å². The number of pyridine rings is 2. The van der Waals surface area contributed by atoms with E-state index in [-0.39, 0.29) is 5.75 Å². The molecule has 0 atom stereocenters. The van der Waals surface area contributed by atoms with Crippen molar-refractivity contribution in [2.75, 3.05) is 0 Å². The van der Waals surface area contributed by atoms with E-state index >= 15 is 0 Å². The minimum Gasteiger partial charge on any atom is -0.506 e. The molecule has 0 spiro atoms. The summed E-state index contributed by atoms with van der Waals surface area (Å²) >= 11 is 0. The molecule has 2 rings (SSSR count). The van der Waals surface area contributed by atoms with Gasteiger partial charge in [-0.15, -0.1) is 0 Å². The van der Waals surface area contributed by atoms with Crippen molar-refractivity contribution in [1.29, 1.82) is 0 Å². The highest BCUT2D eigenvalue weighted by atomic mass is 16.3. The molecular weight excluding hydrogens is 152 g/mol. The molecule has 0 fully saturated rings. The van der Waals surface area contributed by atoms with E-state index in [4.69, 9.17) is 0 Å². The van der Waals surface area contributed by atoms with Crippen LogP contribution in [0.3, 0.4) is 0 Å². The molecule has 0 aliphatic rings. The molecule has 2 aromatic rings. The quantitative estimate of drug-likeness (QED) is 0.637. The molecule has 12 heavy (non-hydrogen) atoms. The minimum absolute atomic E-state index is 0.193. The summed E-state index contributed by atoms with van der Waals surface area (Å²) in [6.45, 7) is 1.86. The molecule has 0 bridgehead atoms. The van der Waals surface area contributed by atoms with Gasteiger partial charge in [0.2, 0.25) is 0 Å². The molecule has 2 heterocycles. The van der Waals surface area contributed by atoms with E-state index in [2.05, 4.69) is 9.97 Å². The molecule has 2 aromatic heterocycles. The average Bonchev–Trinajstić information content (AvgIpc) is 2.04. The van der Waals surface area contributed by atoms with Crippen LogP contribution in [0.25, 0.3) is 10.8 Å². The summed E-state index contributed by atoms with van der Waals surface area (Å²) in [6, 6.07) is 1.83. The topological polar surface area (TPSA) is 46.0 Å². The first kappa shape index (κ1) is 7.03. The molecule has 60 valence electrons. The Kier molecular flexibility index (Phi) is 1.43. The first-order valence-electron chi connectivity index (χ1n) is 3.67. The average molecular weight is 160 g/mol. The first-order valence-corrected chi connectivity index (χ1v) is 3.67. The summed E-state index contributed by atoms with van der Waals surface area (Å²) in [5.41, 5.74) is 0.826. The monoisotopic (exact) mass is 160 g/mol. The lowest BCUT2D eigenvalue weighted by molar-refractivity contribution is 0.479. The Bertz CT molecular complexity index is 389. The number of hydrogen-bond acceptors (Lipinski definition) is 3. The highest BCUT2D eigenvalue weighted by Crippen LogP contribution is 2.24. The van der Waals surface area contributed by atoms with E-state index in [1.165, 1.54) is 6.20 Å². The lowest BCUT2D eigenvalue weighted by atomic mass is 10.1. The third-order valence-electron chi connectivity index (χ3n) is 1.84. The van der Waals surface area contributed by atoms with Crippen LogP contribution in [0.15, 0.2) is 24.7 Å². The Morgan fingerprint density at radius 1 is 1.33 bits per heavy atom. The Morgan fingerprint density at radius 3 is 2.92 bits per heavy atom. The van der Waals surface area contributed by atoms with Gasteiger partial charge in [-0.3, -0.25) is 9.97 Å². The number of aryl methyl sites for hydroxylation is 1. The molecule has 0 aromatic carbocycles. The first-order chi connectivity index (χ1) is 5.79. The van der Waals surface area contributed by atoms with E-state index in [1.807, 2.05) is 13.0 Å². The Labute approximate surface area is 69.7 Å². The molecule has 0 saturated carbocycles. The van der Waals surface area contributed by atoms with Crippen LogP contribution < -0.4 is 0 Å². The standard InChI is InChI=1S/C9H8N2O/c1-6-9-7(2-3-11-6)4-10-5-8(9)12/h2-5,12H,1H3. The maximum Gasteiger partial charge on any atom is 0.143 e. The third kappa shape index (κ3) is 0.906. The van der Waals surface area contributed by atoms with Crippen LogP contribution in [0.5, 0.6) is 5.75 Å². The highest BCUT2D eigenvalue weighted by molar-refractivity contribution is 5.88. The number of aromatic nitrogens is 2.